The summed E-state index contributed by atoms with van der Waals surface area (Å²) in [6, 6.07) is 0. The van der Waals surface area contributed by atoms with Gasteiger partial charge in [0.05, 0.1) is 0 Å². The molecule has 0 aliphatic rings. The maximum atomic E-state index is 10.6. The number of hydrazine groups is 1. The predicted octanol–water partition coefficient (Wildman–Crippen LogP) is -1.12. The SMILES string of the molecule is CC(=O)OCC(=O)N(C)N. The Morgan fingerprint density at radius 2 is 2.10 bits per heavy atom. The zero-order valence-electron chi connectivity index (χ0n) is 5.96. The van der Waals surface area contributed by atoms with E-state index in [1.807, 2.05) is 0 Å². The molecule has 0 aliphatic heterocycles. The molecule has 0 spiro atoms. The summed E-state index contributed by atoms with van der Waals surface area (Å²) in [6.07, 6.45) is 0. The van der Waals surface area contributed by atoms with E-state index < -0.39 is 11.9 Å². The fourth-order valence-corrected chi connectivity index (χ4v) is 0.265. The highest BCUT2D eigenvalue weighted by atomic mass is 16.5. The van der Waals surface area contributed by atoms with Crippen molar-refractivity contribution >= 4 is 11.9 Å². The van der Waals surface area contributed by atoms with E-state index in [0.29, 0.717) is 0 Å². The first kappa shape index (κ1) is 8.90. The lowest BCUT2D eigenvalue weighted by molar-refractivity contribution is -0.149. The molecule has 0 aromatic carbocycles. The fourth-order valence-electron chi connectivity index (χ4n) is 0.265. The third kappa shape index (κ3) is 3.85. The van der Waals surface area contributed by atoms with Crippen molar-refractivity contribution in [2.75, 3.05) is 13.7 Å². The van der Waals surface area contributed by atoms with E-state index in [2.05, 4.69) is 4.74 Å². The van der Waals surface area contributed by atoms with Crippen LogP contribution in [0.1, 0.15) is 6.92 Å². The van der Waals surface area contributed by atoms with Crippen molar-refractivity contribution < 1.29 is 14.3 Å². The largest absolute Gasteiger partial charge is 0.456 e. The Kier molecular flexibility index (Phi) is 3.42. The monoisotopic (exact) mass is 146 g/mol. The molecule has 5 heteroatoms. The average Bonchev–Trinajstić information content (AvgIpc) is 1.82. The third-order valence-corrected chi connectivity index (χ3v) is 0.792. The summed E-state index contributed by atoms with van der Waals surface area (Å²) >= 11 is 0. The number of esters is 1. The molecule has 0 saturated heterocycles. The molecule has 0 aliphatic carbocycles. The minimum atomic E-state index is -0.491. The topological polar surface area (TPSA) is 72.6 Å². The van der Waals surface area contributed by atoms with Crippen LogP contribution in [0.5, 0.6) is 0 Å². The highest BCUT2D eigenvalue weighted by Crippen LogP contribution is 1.79. The van der Waals surface area contributed by atoms with Crippen LogP contribution in [0.4, 0.5) is 0 Å². The number of hydrogen-bond acceptors (Lipinski definition) is 4. The van der Waals surface area contributed by atoms with Gasteiger partial charge in [-0.25, -0.2) is 5.84 Å². The quantitative estimate of drug-likeness (QED) is 0.232. The number of amides is 1. The fraction of sp³-hybridized carbons (Fsp3) is 0.600. The van der Waals surface area contributed by atoms with E-state index in [1.165, 1.54) is 14.0 Å². The molecule has 0 atom stereocenters. The predicted molar refractivity (Wildman–Crippen MR) is 33.6 cm³/mol. The van der Waals surface area contributed by atoms with Gasteiger partial charge in [0.1, 0.15) is 0 Å². The number of carbonyl (C=O) groups is 2. The lowest BCUT2D eigenvalue weighted by Crippen LogP contribution is -2.36. The molecule has 0 heterocycles. The van der Waals surface area contributed by atoms with Crippen molar-refractivity contribution in [2.24, 2.45) is 5.84 Å². The zero-order valence-corrected chi connectivity index (χ0v) is 5.96. The summed E-state index contributed by atoms with van der Waals surface area (Å²) in [5.41, 5.74) is 0. The molecule has 0 rings (SSSR count). The van der Waals surface area contributed by atoms with Crippen molar-refractivity contribution in [1.29, 1.82) is 0 Å². The number of ether oxygens (including phenoxy) is 1. The van der Waals surface area contributed by atoms with Gasteiger partial charge in [-0.2, -0.15) is 0 Å². The van der Waals surface area contributed by atoms with E-state index in [4.69, 9.17) is 5.84 Å². The van der Waals surface area contributed by atoms with Gasteiger partial charge in [-0.1, -0.05) is 0 Å². The molecule has 0 bridgehead atoms. The van der Waals surface area contributed by atoms with Gasteiger partial charge < -0.3 is 4.74 Å². The summed E-state index contributed by atoms with van der Waals surface area (Å²) < 4.78 is 4.35. The van der Waals surface area contributed by atoms with Gasteiger partial charge in [-0.3, -0.25) is 14.6 Å². The van der Waals surface area contributed by atoms with Crippen LogP contribution in [-0.2, 0) is 14.3 Å². The molecule has 0 unspecified atom stereocenters. The lowest BCUT2D eigenvalue weighted by Gasteiger charge is -2.08. The molecule has 10 heavy (non-hydrogen) atoms. The molecule has 1 amide bonds. The Morgan fingerprint density at radius 1 is 1.60 bits per heavy atom. The number of rotatable bonds is 2. The van der Waals surface area contributed by atoms with Gasteiger partial charge in [0.15, 0.2) is 6.61 Å². The maximum Gasteiger partial charge on any atom is 0.303 e. The number of likely N-dealkylation sites (N-methyl/N-ethyl adjacent to an activating group) is 1. The van der Waals surface area contributed by atoms with E-state index in [9.17, 15) is 9.59 Å². The third-order valence-electron chi connectivity index (χ3n) is 0.792. The summed E-state index contributed by atoms with van der Waals surface area (Å²) in [4.78, 5) is 20.7. The molecule has 0 fully saturated rings. The highest BCUT2D eigenvalue weighted by molar-refractivity contribution is 5.79. The summed E-state index contributed by atoms with van der Waals surface area (Å²) in [6.45, 7) is 0.937. The minimum Gasteiger partial charge on any atom is -0.456 e. The van der Waals surface area contributed by atoms with E-state index >= 15 is 0 Å². The summed E-state index contributed by atoms with van der Waals surface area (Å²) in [5.74, 6) is 4.09. The van der Waals surface area contributed by atoms with Crippen LogP contribution in [0.15, 0.2) is 0 Å². The molecule has 2 N–H and O–H groups in total. The summed E-state index contributed by atoms with van der Waals surface area (Å²) in [7, 11) is 1.38. The Bertz CT molecular complexity index is 144. The lowest BCUT2D eigenvalue weighted by atomic mass is 10.6. The van der Waals surface area contributed by atoms with Gasteiger partial charge in [-0.15, -0.1) is 0 Å². The first-order valence-corrected chi connectivity index (χ1v) is 2.68. The zero-order chi connectivity index (χ0) is 8.15. The van der Waals surface area contributed by atoms with Gasteiger partial charge in [0.25, 0.3) is 5.91 Å². The molecule has 0 radical (unpaired) electrons. The van der Waals surface area contributed by atoms with Gasteiger partial charge >= 0.3 is 5.97 Å². The second kappa shape index (κ2) is 3.84. The normalized spacial score (nSPS) is 8.70. The second-order valence-corrected chi connectivity index (χ2v) is 1.78. The summed E-state index contributed by atoms with van der Waals surface area (Å²) in [5, 5.41) is 0.864. The van der Waals surface area contributed by atoms with E-state index in [-0.39, 0.29) is 6.61 Å². The van der Waals surface area contributed by atoms with Crippen LogP contribution in [0.25, 0.3) is 0 Å². The van der Waals surface area contributed by atoms with Crippen molar-refractivity contribution in [3.05, 3.63) is 0 Å². The van der Waals surface area contributed by atoms with Crippen LogP contribution in [0, 0.1) is 0 Å². The number of nitrogens with zero attached hydrogens (tertiary/aromatic N) is 1. The van der Waals surface area contributed by atoms with Crippen LogP contribution in [0.2, 0.25) is 0 Å². The van der Waals surface area contributed by atoms with Crippen molar-refractivity contribution in [3.63, 3.8) is 0 Å². The first-order chi connectivity index (χ1) is 4.54. The molecule has 0 saturated carbocycles. The van der Waals surface area contributed by atoms with E-state index in [0.717, 1.165) is 5.01 Å². The molecule has 0 aromatic heterocycles. The average molecular weight is 146 g/mol. The van der Waals surface area contributed by atoms with Gasteiger partial charge in [-0.05, 0) is 0 Å². The molecule has 0 aromatic rings. The van der Waals surface area contributed by atoms with Crippen molar-refractivity contribution in [3.8, 4) is 0 Å². The van der Waals surface area contributed by atoms with Crippen LogP contribution in [0.3, 0.4) is 0 Å². The van der Waals surface area contributed by atoms with Crippen LogP contribution >= 0.6 is 0 Å². The Labute approximate surface area is 58.7 Å². The molecular formula is C5H10N2O3. The standard InChI is InChI=1S/C5H10N2O3/c1-4(8)10-3-5(9)7(2)6/h3,6H2,1-2H3. The van der Waals surface area contributed by atoms with E-state index in [1.54, 1.807) is 0 Å². The number of carbonyl (C=O) groups excluding carboxylic acids is 2. The molecular weight excluding hydrogens is 136 g/mol. The Hall–Kier alpha value is -1.10. The minimum absolute atomic E-state index is 0.289. The first-order valence-electron chi connectivity index (χ1n) is 2.68. The second-order valence-electron chi connectivity index (χ2n) is 1.78. The van der Waals surface area contributed by atoms with Crippen molar-refractivity contribution in [2.45, 2.75) is 6.92 Å². The van der Waals surface area contributed by atoms with Gasteiger partial charge in [0.2, 0.25) is 0 Å². The van der Waals surface area contributed by atoms with Crippen LogP contribution < -0.4 is 5.84 Å². The highest BCUT2D eigenvalue weighted by Gasteiger charge is 2.04. The van der Waals surface area contributed by atoms with Gasteiger partial charge in [0, 0.05) is 14.0 Å². The Morgan fingerprint density at radius 3 is 2.40 bits per heavy atom. The molecule has 58 valence electrons. The number of nitrogens with two attached hydrogens (primary N) is 1. The Balaban J connectivity index is 3.50. The van der Waals surface area contributed by atoms with Crippen LogP contribution in [-0.4, -0.2) is 30.5 Å². The number of hydrogen-bond donors (Lipinski definition) is 1. The maximum absolute atomic E-state index is 10.6. The van der Waals surface area contributed by atoms with Crippen molar-refractivity contribution in [1.82, 2.24) is 5.01 Å². The smallest absolute Gasteiger partial charge is 0.303 e. The molecule has 5 nitrogen and oxygen atoms in total.